The summed E-state index contributed by atoms with van der Waals surface area (Å²) < 4.78 is 0. The van der Waals surface area contributed by atoms with Gasteiger partial charge in [-0.25, -0.2) is 0 Å². The third-order valence-electron chi connectivity index (χ3n) is 4.25. The van der Waals surface area contributed by atoms with Crippen molar-refractivity contribution in [3.63, 3.8) is 0 Å². The highest BCUT2D eigenvalue weighted by Crippen LogP contribution is 2.06. The van der Waals surface area contributed by atoms with Crippen LogP contribution in [0.2, 0.25) is 0 Å². The number of ketones is 3. The van der Waals surface area contributed by atoms with Crippen molar-refractivity contribution in [2.75, 3.05) is 39.3 Å². The van der Waals surface area contributed by atoms with Crippen LogP contribution in [0.1, 0.15) is 54.9 Å². The molecule has 146 valence electrons. The molecule has 0 radical (unpaired) electrons. The Morgan fingerprint density at radius 3 is 1.52 bits per heavy atom. The molecule has 0 aliphatic carbocycles. The Morgan fingerprint density at radius 1 is 0.680 bits per heavy atom. The lowest BCUT2D eigenvalue weighted by atomic mass is 10.1. The minimum Gasteiger partial charge on any atom is -0.299 e. The van der Waals surface area contributed by atoms with Crippen molar-refractivity contribution in [1.82, 2.24) is 9.80 Å². The minimum atomic E-state index is -0.0333. The number of hydrogen-bond acceptors (Lipinski definition) is 5. The van der Waals surface area contributed by atoms with Crippen LogP contribution >= 0.6 is 0 Å². The Kier molecular flexibility index (Phi) is 11.8. The summed E-state index contributed by atoms with van der Waals surface area (Å²) in [6, 6.07) is 0. The van der Waals surface area contributed by atoms with Gasteiger partial charge in [-0.15, -0.1) is 0 Å². The quantitative estimate of drug-likeness (QED) is 0.480. The predicted octanol–water partition coefficient (Wildman–Crippen LogP) is 2.68. The van der Waals surface area contributed by atoms with Crippen LogP contribution in [-0.4, -0.2) is 66.4 Å². The van der Waals surface area contributed by atoms with Crippen LogP contribution in [0.15, 0.2) is 0 Å². The van der Waals surface area contributed by atoms with Crippen LogP contribution in [0.3, 0.4) is 0 Å². The van der Waals surface area contributed by atoms with Gasteiger partial charge in [0.2, 0.25) is 0 Å². The van der Waals surface area contributed by atoms with E-state index in [-0.39, 0.29) is 35.7 Å². The number of hydrogen-bond donors (Lipinski definition) is 0. The van der Waals surface area contributed by atoms with E-state index in [1.54, 1.807) is 6.92 Å². The Hall–Kier alpha value is -1.07. The highest BCUT2D eigenvalue weighted by Gasteiger charge is 2.18. The van der Waals surface area contributed by atoms with Gasteiger partial charge >= 0.3 is 0 Å². The maximum absolute atomic E-state index is 12.1. The summed E-state index contributed by atoms with van der Waals surface area (Å²) in [6.07, 6.45) is 1.03. The van der Waals surface area contributed by atoms with Gasteiger partial charge in [-0.05, 0) is 25.8 Å². The second-order valence-electron chi connectivity index (χ2n) is 8.11. The minimum absolute atomic E-state index is 0.0254. The highest BCUT2D eigenvalue weighted by molar-refractivity contribution is 5.83. The molecule has 0 saturated heterocycles. The molecule has 0 heterocycles. The Bertz CT molecular complexity index is 431. The van der Waals surface area contributed by atoms with E-state index in [9.17, 15) is 14.4 Å². The molecule has 5 nitrogen and oxygen atoms in total. The summed E-state index contributed by atoms with van der Waals surface area (Å²) >= 11 is 0. The standard InChI is InChI=1S/C20H38N2O3/c1-15(2)8-9-21(13-19(24)16(3)4)10-11-22(12-18(7)23)14-20(25)17(5)6/h15-17H,8-14H2,1-7H3. The van der Waals surface area contributed by atoms with Gasteiger partial charge in [0.05, 0.1) is 19.6 Å². The van der Waals surface area contributed by atoms with E-state index in [1.807, 2.05) is 32.6 Å². The van der Waals surface area contributed by atoms with Gasteiger partial charge in [0.15, 0.2) is 0 Å². The zero-order valence-corrected chi connectivity index (χ0v) is 17.3. The molecule has 0 spiro atoms. The van der Waals surface area contributed by atoms with E-state index in [0.717, 1.165) is 13.0 Å². The van der Waals surface area contributed by atoms with E-state index in [4.69, 9.17) is 0 Å². The second kappa shape index (κ2) is 12.3. The van der Waals surface area contributed by atoms with E-state index in [2.05, 4.69) is 18.7 Å². The first-order chi connectivity index (χ1) is 11.5. The highest BCUT2D eigenvalue weighted by atomic mass is 16.1. The summed E-state index contributed by atoms with van der Waals surface area (Å²) in [5.74, 6) is 1.01. The molecule has 0 rings (SSSR count). The molecule has 0 bridgehead atoms. The predicted molar refractivity (Wildman–Crippen MR) is 103 cm³/mol. The molecule has 0 aliphatic rings. The second-order valence-corrected chi connectivity index (χ2v) is 8.11. The third kappa shape index (κ3) is 12.0. The molecule has 0 aromatic heterocycles. The van der Waals surface area contributed by atoms with Crippen molar-refractivity contribution in [3.8, 4) is 0 Å². The Balaban J connectivity index is 4.80. The fourth-order valence-electron chi connectivity index (χ4n) is 2.33. The molecule has 0 unspecified atom stereocenters. The third-order valence-corrected chi connectivity index (χ3v) is 4.25. The number of nitrogens with zero attached hydrogens (tertiary/aromatic N) is 2. The Morgan fingerprint density at radius 2 is 1.12 bits per heavy atom. The van der Waals surface area contributed by atoms with Crippen LogP contribution in [-0.2, 0) is 14.4 Å². The van der Waals surface area contributed by atoms with Crippen molar-refractivity contribution in [1.29, 1.82) is 0 Å². The van der Waals surface area contributed by atoms with Crippen LogP contribution in [0.5, 0.6) is 0 Å². The van der Waals surface area contributed by atoms with Crippen molar-refractivity contribution < 1.29 is 14.4 Å². The van der Waals surface area contributed by atoms with Crippen LogP contribution in [0.25, 0.3) is 0 Å². The summed E-state index contributed by atoms with van der Waals surface area (Å²) in [5, 5.41) is 0. The van der Waals surface area contributed by atoms with Crippen LogP contribution < -0.4 is 0 Å². The SMILES string of the molecule is CC(=O)CN(CCN(CCC(C)C)CC(=O)C(C)C)CC(=O)C(C)C. The van der Waals surface area contributed by atoms with Crippen molar-refractivity contribution in [3.05, 3.63) is 0 Å². The molecule has 0 aromatic rings. The molecular weight excluding hydrogens is 316 g/mol. The molecule has 0 aromatic carbocycles. The molecule has 25 heavy (non-hydrogen) atoms. The zero-order valence-electron chi connectivity index (χ0n) is 17.3. The van der Waals surface area contributed by atoms with Gasteiger partial charge in [0.1, 0.15) is 17.3 Å². The average Bonchev–Trinajstić information content (AvgIpc) is 2.48. The summed E-state index contributed by atoms with van der Waals surface area (Å²) in [4.78, 5) is 39.7. The van der Waals surface area contributed by atoms with E-state index in [0.29, 0.717) is 32.1 Å². The van der Waals surface area contributed by atoms with Crippen LogP contribution in [0.4, 0.5) is 0 Å². The maximum atomic E-state index is 12.1. The van der Waals surface area contributed by atoms with E-state index >= 15 is 0 Å². The molecular formula is C20H38N2O3. The fraction of sp³-hybridized carbons (Fsp3) is 0.850. The first kappa shape index (κ1) is 23.9. The van der Waals surface area contributed by atoms with Gasteiger partial charge in [-0.1, -0.05) is 41.5 Å². The summed E-state index contributed by atoms with van der Waals surface area (Å²) in [5.41, 5.74) is 0. The van der Waals surface area contributed by atoms with E-state index < -0.39 is 0 Å². The average molecular weight is 355 g/mol. The van der Waals surface area contributed by atoms with Gasteiger partial charge in [0, 0.05) is 24.9 Å². The molecule has 0 saturated carbocycles. The number of rotatable bonds is 14. The van der Waals surface area contributed by atoms with E-state index in [1.165, 1.54) is 0 Å². The topological polar surface area (TPSA) is 57.7 Å². The lowest BCUT2D eigenvalue weighted by molar-refractivity contribution is -0.125. The summed E-state index contributed by atoms with van der Waals surface area (Å²) in [7, 11) is 0. The lowest BCUT2D eigenvalue weighted by Gasteiger charge is -2.27. The first-order valence-corrected chi connectivity index (χ1v) is 9.52. The number of Topliss-reactive ketones (excluding diaryl/α,β-unsaturated/α-hetero) is 3. The molecule has 0 atom stereocenters. The molecule has 0 aliphatic heterocycles. The zero-order chi connectivity index (χ0) is 19.6. The normalized spacial score (nSPS) is 12.0. The van der Waals surface area contributed by atoms with Gasteiger partial charge < -0.3 is 0 Å². The fourth-order valence-corrected chi connectivity index (χ4v) is 2.33. The van der Waals surface area contributed by atoms with Crippen LogP contribution in [0, 0.1) is 17.8 Å². The van der Waals surface area contributed by atoms with Crippen molar-refractivity contribution in [2.45, 2.75) is 54.9 Å². The van der Waals surface area contributed by atoms with Crippen molar-refractivity contribution >= 4 is 17.3 Å². The molecule has 5 heteroatoms. The number of carbonyl (C=O) groups is 3. The molecule has 0 amide bonds. The lowest BCUT2D eigenvalue weighted by Crippen LogP contribution is -2.43. The van der Waals surface area contributed by atoms with Gasteiger partial charge in [-0.2, -0.15) is 0 Å². The monoisotopic (exact) mass is 354 g/mol. The smallest absolute Gasteiger partial charge is 0.149 e. The van der Waals surface area contributed by atoms with Gasteiger partial charge in [0.25, 0.3) is 0 Å². The maximum Gasteiger partial charge on any atom is 0.149 e. The first-order valence-electron chi connectivity index (χ1n) is 9.52. The van der Waals surface area contributed by atoms with Gasteiger partial charge in [-0.3, -0.25) is 24.2 Å². The summed E-state index contributed by atoms with van der Waals surface area (Å²) in [6.45, 7) is 16.7. The molecule has 0 fully saturated rings. The Labute approximate surface area is 154 Å². The molecule has 0 N–H and O–H groups in total. The number of carbonyl (C=O) groups excluding carboxylic acids is 3. The van der Waals surface area contributed by atoms with Crippen molar-refractivity contribution in [2.24, 2.45) is 17.8 Å². The largest absolute Gasteiger partial charge is 0.299 e.